The van der Waals surface area contributed by atoms with Crippen molar-refractivity contribution in [1.82, 2.24) is 9.97 Å². The number of rotatable bonds is 1. The van der Waals surface area contributed by atoms with Gasteiger partial charge < -0.3 is 10.1 Å². The van der Waals surface area contributed by atoms with Crippen LogP contribution in [0.1, 0.15) is 16.2 Å². The van der Waals surface area contributed by atoms with E-state index in [1.807, 2.05) is 0 Å². The SMILES string of the molecule is N#Cc1nc[nH]c1C(=O)O. The van der Waals surface area contributed by atoms with Gasteiger partial charge in [0.2, 0.25) is 0 Å². The van der Waals surface area contributed by atoms with Crippen LogP contribution in [0.4, 0.5) is 0 Å². The standard InChI is InChI=1S/C5H3N3O2/c6-1-3-4(5(9)10)8-2-7-3/h2H,(H,7,8)(H,9,10). The van der Waals surface area contributed by atoms with Gasteiger partial charge in [0.05, 0.1) is 6.33 Å². The van der Waals surface area contributed by atoms with E-state index in [4.69, 9.17) is 10.4 Å². The summed E-state index contributed by atoms with van der Waals surface area (Å²) in [6.07, 6.45) is 1.17. The second-order valence-electron chi connectivity index (χ2n) is 1.54. The number of nitrogens with zero attached hydrogens (tertiary/aromatic N) is 2. The third-order valence-electron chi connectivity index (χ3n) is 0.959. The van der Waals surface area contributed by atoms with Crippen molar-refractivity contribution in [1.29, 1.82) is 5.26 Å². The van der Waals surface area contributed by atoms with Crippen molar-refractivity contribution in [2.75, 3.05) is 0 Å². The van der Waals surface area contributed by atoms with Crippen molar-refractivity contribution in [2.45, 2.75) is 0 Å². The number of hydrogen-bond donors (Lipinski definition) is 2. The molecule has 0 saturated carbocycles. The van der Waals surface area contributed by atoms with E-state index in [2.05, 4.69) is 9.97 Å². The molecule has 1 aromatic rings. The molecule has 0 aliphatic heterocycles. The second kappa shape index (κ2) is 2.19. The first-order valence-corrected chi connectivity index (χ1v) is 2.42. The fourth-order valence-electron chi connectivity index (χ4n) is 0.542. The van der Waals surface area contributed by atoms with Crippen molar-refractivity contribution in [3.63, 3.8) is 0 Å². The smallest absolute Gasteiger partial charge is 0.355 e. The Kier molecular flexibility index (Phi) is 1.38. The molecular weight excluding hydrogens is 134 g/mol. The predicted octanol–water partition coefficient (Wildman–Crippen LogP) is -0.0204. The number of carboxylic acids is 1. The van der Waals surface area contributed by atoms with Crippen LogP contribution in [0.5, 0.6) is 0 Å². The van der Waals surface area contributed by atoms with Crippen LogP contribution in [0.2, 0.25) is 0 Å². The average Bonchev–Trinajstić information content (AvgIpc) is 2.33. The first-order chi connectivity index (χ1) is 4.75. The summed E-state index contributed by atoms with van der Waals surface area (Å²) in [6.45, 7) is 0. The zero-order chi connectivity index (χ0) is 7.56. The molecule has 0 saturated heterocycles. The molecule has 0 fully saturated rings. The minimum Gasteiger partial charge on any atom is -0.476 e. The molecule has 0 bridgehead atoms. The van der Waals surface area contributed by atoms with Crippen molar-refractivity contribution in [3.8, 4) is 6.07 Å². The van der Waals surface area contributed by atoms with Gasteiger partial charge in [-0.05, 0) is 0 Å². The normalized spacial score (nSPS) is 8.70. The molecule has 2 N–H and O–H groups in total. The van der Waals surface area contributed by atoms with Crippen molar-refractivity contribution >= 4 is 5.97 Å². The number of nitriles is 1. The average molecular weight is 137 g/mol. The highest BCUT2D eigenvalue weighted by atomic mass is 16.4. The quantitative estimate of drug-likeness (QED) is 0.569. The lowest BCUT2D eigenvalue weighted by molar-refractivity contribution is 0.0691. The number of aromatic carboxylic acids is 1. The summed E-state index contributed by atoms with van der Waals surface area (Å²) in [4.78, 5) is 16.0. The van der Waals surface area contributed by atoms with E-state index in [0.717, 1.165) is 0 Å². The number of aromatic nitrogens is 2. The molecule has 10 heavy (non-hydrogen) atoms. The first-order valence-electron chi connectivity index (χ1n) is 2.42. The largest absolute Gasteiger partial charge is 0.476 e. The summed E-state index contributed by atoms with van der Waals surface area (Å²) in [5, 5.41) is 16.6. The predicted molar refractivity (Wildman–Crippen MR) is 30.3 cm³/mol. The Hall–Kier alpha value is -1.83. The number of H-pyrrole nitrogens is 1. The zero-order valence-corrected chi connectivity index (χ0v) is 4.83. The maximum Gasteiger partial charge on any atom is 0.355 e. The monoisotopic (exact) mass is 137 g/mol. The van der Waals surface area contributed by atoms with E-state index >= 15 is 0 Å². The number of imidazole rings is 1. The minimum absolute atomic E-state index is 0.0903. The zero-order valence-electron chi connectivity index (χ0n) is 4.83. The maximum atomic E-state index is 10.2. The number of hydrogen-bond acceptors (Lipinski definition) is 3. The minimum atomic E-state index is -1.17. The van der Waals surface area contributed by atoms with Crippen molar-refractivity contribution < 1.29 is 9.90 Å². The molecule has 50 valence electrons. The van der Waals surface area contributed by atoms with E-state index in [0.29, 0.717) is 0 Å². The van der Waals surface area contributed by atoms with Gasteiger partial charge in [0.1, 0.15) is 6.07 Å². The molecule has 5 nitrogen and oxygen atoms in total. The summed E-state index contributed by atoms with van der Waals surface area (Å²) in [7, 11) is 0. The number of aromatic amines is 1. The molecule has 0 aromatic carbocycles. The molecule has 0 unspecified atom stereocenters. The van der Waals surface area contributed by atoms with Gasteiger partial charge in [-0.15, -0.1) is 0 Å². The summed E-state index contributed by atoms with van der Waals surface area (Å²) in [5.74, 6) is -1.17. The molecule has 1 aromatic heterocycles. The van der Waals surface area contributed by atoms with Crippen LogP contribution >= 0.6 is 0 Å². The fraction of sp³-hybridized carbons (Fsp3) is 0. The van der Waals surface area contributed by atoms with Crippen LogP contribution in [0.25, 0.3) is 0 Å². The summed E-state index contributed by atoms with van der Waals surface area (Å²) in [5.41, 5.74) is -0.255. The highest BCUT2D eigenvalue weighted by molar-refractivity contribution is 5.87. The second-order valence-corrected chi connectivity index (χ2v) is 1.54. The molecule has 0 spiro atoms. The van der Waals surface area contributed by atoms with Crippen LogP contribution in [-0.4, -0.2) is 21.0 Å². The summed E-state index contributed by atoms with van der Waals surface area (Å²) >= 11 is 0. The van der Waals surface area contributed by atoms with Crippen molar-refractivity contribution in [2.24, 2.45) is 0 Å². The lowest BCUT2D eigenvalue weighted by Crippen LogP contribution is -1.98. The van der Waals surface area contributed by atoms with Gasteiger partial charge in [0.15, 0.2) is 11.4 Å². The molecule has 0 amide bonds. The Morgan fingerprint density at radius 2 is 2.60 bits per heavy atom. The topological polar surface area (TPSA) is 89.8 Å². The summed E-state index contributed by atoms with van der Waals surface area (Å²) in [6, 6.07) is 1.63. The molecule has 5 heteroatoms. The lowest BCUT2D eigenvalue weighted by atomic mass is 10.3. The molecule has 0 atom stereocenters. The molecule has 1 heterocycles. The Bertz CT molecular complexity index is 296. The van der Waals surface area contributed by atoms with Crippen molar-refractivity contribution in [3.05, 3.63) is 17.7 Å². The van der Waals surface area contributed by atoms with Gasteiger partial charge in [0, 0.05) is 0 Å². The molecule has 0 radical (unpaired) electrons. The Balaban J connectivity index is 3.17. The van der Waals surface area contributed by atoms with Gasteiger partial charge in [-0.25, -0.2) is 9.78 Å². The highest BCUT2D eigenvalue weighted by Crippen LogP contribution is 1.98. The third-order valence-corrected chi connectivity index (χ3v) is 0.959. The molecular formula is C5H3N3O2. The van der Waals surface area contributed by atoms with Gasteiger partial charge in [-0.2, -0.15) is 5.26 Å². The number of carbonyl (C=O) groups is 1. The van der Waals surface area contributed by atoms with Crippen LogP contribution < -0.4 is 0 Å². The van der Waals surface area contributed by atoms with Crippen LogP contribution in [-0.2, 0) is 0 Å². The third kappa shape index (κ3) is 0.821. The van der Waals surface area contributed by atoms with Crippen LogP contribution in [0, 0.1) is 11.3 Å². The molecule has 0 aliphatic carbocycles. The van der Waals surface area contributed by atoms with E-state index in [1.165, 1.54) is 6.33 Å². The Morgan fingerprint density at radius 3 is 3.00 bits per heavy atom. The van der Waals surface area contributed by atoms with Gasteiger partial charge in [0.25, 0.3) is 0 Å². The first kappa shape index (κ1) is 6.29. The van der Waals surface area contributed by atoms with Crippen LogP contribution in [0.3, 0.4) is 0 Å². The molecule has 1 rings (SSSR count). The van der Waals surface area contributed by atoms with E-state index < -0.39 is 5.97 Å². The lowest BCUT2D eigenvalue weighted by Gasteiger charge is -1.83. The number of carboxylic acid groups (broad SMARTS) is 1. The van der Waals surface area contributed by atoms with E-state index in [-0.39, 0.29) is 11.4 Å². The van der Waals surface area contributed by atoms with E-state index in [9.17, 15) is 4.79 Å². The van der Waals surface area contributed by atoms with Gasteiger partial charge >= 0.3 is 5.97 Å². The van der Waals surface area contributed by atoms with Crippen LogP contribution in [0.15, 0.2) is 6.33 Å². The fourth-order valence-corrected chi connectivity index (χ4v) is 0.542. The summed E-state index contributed by atoms with van der Waals surface area (Å²) < 4.78 is 0. The van der Waals surface area contributed by atoms with Gasteiger partial charge in [-0.3, -0.25) is 0 Å². The van der Waals surface area contributed by atoms with Gasteiger partial charge in [-0.1, -0.05) is 0 Å². The Morgan fingerprint density at radius 1 is 1.90 bits per heavy atom. The van der Waals surface area contributed by atoms with E-state index in [1.54, 1.807) is 6.07 Å². The maximum absolute atomic E-state index is 10.2. The highest BCUT2D eigenvalue weighted by Gasteiger charge is 2.10. The number of nitrogens with one attached hydrogen (secondary N) is 1. The Labute approximate surface area is 55.9 Å². The molecule has 0 aliphatic rings.